The van der Waals surface area contributed by atoms with Gasteiger partial charge in [-0.05, 0) is 42.7 Å². The van der Waals surface area contributed by atoms with Gasteiger partial charge >= 0.3 is 5.97 Å². The van der Waals surface area contributed by atoms with Crippen molar-refractivity contribution in [2.45, 2.75) is 12.8 Å². The topological polar surface area (TPSA) is 68.7 Å². The van der Waals surface area contributed by atoms with Crippen LogP contribution in [-0.4, -0.2) is 29.8 Å². The van der Waals surface area contributed by atoms with Gasteiger partial charge in [-0.3, -0.25) is 4.98 Å². The molecule has 0 unspecified atom stereocenters. The van der Waals surface area contributed by atoms with Crippen LogP contribution in [0.4, 0.5) is 0 Å². The highest BCUT2D eigenvalue weighted by Crippen LogP contribution is 2.20. The van der Waals surface area contributed by atoms with Crippen LogP contribution in [0.1, 0.15) is 22.3 Å². The number of hydrogen-bond donors (Lipinski definition) is 1. The first-order valence-corrected chi connectivity index (χ1v) is 6.63. The van der Waals surface area contributed by atoms with Crippen LogP contribution in [-0.2, 0) is 6.42 Å². The lowest BCUT2D eigenvalue weighted by Crippen LogP contribution is -2.03. The summed E-state index contributed by atoms with van der Waals surface area (Å²) >= 11 is 0. The maximum Gasteiger partial charge on any atom is 0.339 e. The third kappa shape index (κ3) is 4.21. The van der Waals surface area contributed by atoms with E-state index in [0.29, 0.717) is 12.4 Å². The molecule has 21 heavy (non-hydrogen) atoms. The van der Waals surface area contributed by atoms with Crippen LogP contribution >= 0.6 is 0 Å². The molecule has 1 aromatic carbocycles. The molecule has 0 aliphatic heterocycles. The first-order valence-electron chi connectivity index (χ1n) is 6.63. The van der Waals surface area contributed by atoms with Gasteiger partial charge in [0.2, 0.25) is 0 Å². The molecule has 0 saturated carbocycles. The summed E-state index contributed by atoms with van der Waals surface area (Å²) in [6.07, 6.45) is 4.90. The molecule has 0 aliphatic rings. The van der Waals surface area contributed by atoms with Gasteiger partial charge in [0, 0.05) is 12.4 Å². The molecule has 5 nitrogen and oxygen atoms in total. The molecule has 2 aromatic rings. The number of carboxylic acids is 1. The number of carboxylic acid groups (broad SMARTS) is 1. The summed E-state index contributed by atoms with van der Waals surface area (Å²) in [6, 6.07) is 8.81. The first-order chi connectivity index (χ1) is 10.2. The Morgan fingerprint density at radius 2 is 2.00 bits per heavy atom. The minimum atomic E-state index is -0.985. The normalized spacial score (nSPS) is 10.1. The molecule has 1 N–H and O–H groups in total. The molecule has 5 heteroatoms. The number of hydrogen-bond acceptors (Lipinski definition) is 4. The van der Waals surface area contributed by atoms with Crippen molar-refractivity contribution in [2.24, 2.45) is 0 Å². The van der Waals surface area contributed by atoms with E-state index in [1.165, 1.54) is 7.11 Å². The van der Waals surface area contributed by atoms with E-state index in [9.17, 15) is 4.79 Å². The van der Waals surface area contributed by atoms with Gasteiger partial charge in [0.25, 0.3) is 0 Å². The lowest BCUT2D eigenvalue weighted by molar-refractivity contribution is 0.0693. The average molecular weight is 287 g/mol. The number of aromatic nitrogens is 1. The zero-order valence-electron chi connectivity index (χ0n) is 11.8. The van der Waals surface area contributed by atoms with E-state index in [-0.39, 0.29) is 5.56 Å². The first kappa shape index (κ1) is 14.8. The van der Waals surface area contributed by atoms with Crippen LogP contribution in [0.5, 0.6) is 11.5 Å². The Bertz CT molecular complexity index is 598. The highest BCUT2D eigenvalue weighted by Gasteiger charge is 2.11. The fourth-order valence-electron chi connectivity index (χ4n) is 1.98. The molecular weight excluding hydrogens is 270 g/mol. The molecule has 0 saturated heterocycles. The second kappa shape index (κ2) is 7.28. The molecule has 110 valence electrons. The van der Waals surface area contributed by atoms with Gasteiger partial charge in [-0.1, -0.05) is 6.07 Å². The van der Waals surface area contributed by atoms with E-state index in [2.05, 4.69) is 4.98 Å². The summed E-state index contributed by atoms with van der Waals surface area (Å²) in [4.78, 5) is 15.1. The van der Waals surface area contributed by atoms with Crippen LogP contribution in [0.2, 0.25) is 0 Å². The number of rotatable bonds is 7. The minimum absolute atomic E-state index is 0.185. The summed E-state index contributed by atoms with van der Waals surface area (Å²) in [6.45, 7) is 0.568. The molecule has 0 aliphatic carbocycles. The summed E-state index contributed by atoms with van der Waals surface area (Å²) in [5, 5.41) is 9.13. The van der Waals surface area contributed by atoms with E-state index < -0.39 is 5.97 Å². The number of aryl methyl sites for hydroxylation is 1. The molecule has 1 heterocycles. The Morgan fingerprint density at radius 1 is 1.24 bits per heavy atom. The molecule has 2 rings (SSSR count). The third-order valence-electron chi connectivity index (χ3n) is 3.02. The predicted molar refractivity (Wildman–Crippen MR) is 78.0 cm³/mol. The minimum Gasteiger partial charge on any atom is -0.496 e. The number of pyridine rings is 1. The second-order valence-electron chi connectivity index (χ2n) is 4.47. The summed E-state index contributed by atoms with van der Waals surface area (Å²) in [7, 11) is 1.46. The van der Waals surface area contributed by atoms with Crippen molar-refractivity contribution in [3.05, 3.63) is 53.9 Å². The van der Waals surface area contributed by atoms with Gasteiger partial charge in [-0.25, -0.2) is 4.79 Å². The summed E-state index contributed by atoms with van der Waals surface area (Å²) in [5.41, 5.74) is 1.14. The Balaban J connectivity index is 1.88. The van der Waals surface area contributed by atoms with E-state index in [4.69, 9.17) is 14.6 Å². The van der Waals surface area contributed by atoms with Crippen molar-refractivity contribution in [3.63, 3.8) is 0 Å². The maximum absolute atomic E-state index is 11.1. The van der Waals surface area contributed by atoms with Gasteiger partial charge in [0.05, 0.1) is 13.7 Å². The van der Waals surface area contributed by atoms with Crippen LogP contribution in [0, 0.1) is 0 Å². The predicted octanol–water partition coefficient (Wildman–Crippen LogP) is 2.80. The molecule has 1 aromatic heterocycles. The second-order valence-corrected chi connectivity index (χ2v) is 4.47. The van der Waals surface area contributed by atoms with Crippen LogP contribution in [0.25, 0.3) is 0 Å². The van der Waals surface area contributed by atoms with Gasteiger partial charge in [-0.2, -0.15) is 0 Å². The standard InChI is InChI=1S/C16H17NO4/c1-20-15-5-4-12(11-14(15)16(18)19)3-2-10-21-13-6-8-17-9-7-13/h4-9,11H,2-3,10H2,1H3,(H,18,19). The average Bonchev–Trinajstić information content (AvgIpc) is 2.52. The zero-order valence-corrected chi connectivity index (χ0v) is 11.8. The Kier molecular flexibility index (Phi) is 5.15. The van der Waals surface area contributed by atoms with E-state index >= 15 is 0 Å². The number of benzene rings is 1. The van der Waals surface area contributed by atoms with Gasteiger partial charge < -0.3 is 14.6 Å². The van der Waals surface area contributed by atoms with Crippen molar-refractivity contribution in [1.29, 1.82) is 0 Å². The highest BCUT2D eigenvalue weighted by atomic mass is 16.5. The van der Waals surface area contributed by atoms with Crippen molar-refractivity contribution in [2.75, 3.05) is 13.7 Å². The van der Waals surface area contributed by atoms with Crippen molar-refractivity contribution in [3.8, 4) is 11.5 Å². The maximum atomic E-state index is 11.1. The van der Waals surface area contributed by atoms with E-state index in [1.54, 1.807) is 36.7 Å². The van der Waals surface area contributed by atoms with Crippen molar-refractivity contribution in [1.82, 2.24) is 4.98 Å². The molecule has 0 amide bonds. The molecule has 0 radical (unpaired) electrons. The number of ether oxygens (including phenoxy) is 2. The summed E-state index contributed by atoms with van der Waals surface area (Å²) < 4.78 is 10.6. The molecule has 0 spiro atoms. The Hall–Kier alpha value is -2.56. The fraction of sp³-hybridized carbons (Fsp3) is 0.250. The SMILES string of the molecule is COc1ccc(CCCOc2ccncc2)cc1C(=O)O. The Morgan fingerprint density at radius 3 is 2.67 bits per heavy atom. The zero-order chi connectivity index (χ0) is 15.1. The van der Waals surface area contributed by atoms with E-state index in [1.807, 2.05) is 6.07 Å². The monoisotopic (exact) mass is 287 g/mol. The van der Waals surface area contributed by atoms with Crippen LogP contribution < -0.4 is 9.47 Å². The van der Waals surface area contributed by atoms with Crippen molar-refractivity contribution >= 4 is 5.97 Å². The number of methoxy groups -OCH3 is 1. The van der Waals surface area contributed by atoms with Crippen LogP contribution in [0.15, 0.2) is 42.7 Å². The lowest BCUT2D eigenvalue weighted by atomic mass is 10.1. The highest BCUT2D eigenvalue weighted by molar-refractivity contribution is 5.91. The molecule has 0 bridgehead atoms. The molecule has 0 fully saturated rings. The lowest BCUT2D eigenvalue weighted by Gasteiger charge is -2.08. The summed E-state index contributed by atoms with van der Waals surface area (Å²) in [5.74, 6) is 0.173. The van der Waals surface area contributed by atoms with Gasteiger partial charge in [0.1, 0.15) is 17.1 Å². The van der Waals surface area contributed by atoms with E-state index in [0.717, 1.165) is 24.2 Å². The van der Waals surface area contributed by atoms with Gasteiger partial charge in [-0.15, -0.1) is 0 Å². The number of carbonyl (C=O) groups is 1. The number of nitrogens with zero attached hydrogens (tertiary/aromatic N) is 1. The smallest absolute Gasteiger partial charge is 0.339 e. The van der Waals surface area contributed by atoms with Gasteiger partial charge in [0.15, 0.2) is 0 Å². The number of aromatic carboxylic acids is 1. The largest absolute Gasteiger partial charge is 0.496 e. The van der Waals surface area contributed by atoms with Crippen LogP contribution in [0.3, 0.4) is 0 Å². The Labute approximate surface area is 123 Å². The molecular formula is C16H17NO4. The quantitative estimate of drug-likeness (QED) is 0.793. The fourth-order valence-corrected chi connectivity index (χ4v) is 1.98. The molecule has 0 atom stereocenters. The van der Waals surface area contributed by atoms with Crippen molar-refractivity contribution < 1.29 is 19.4 Å². The third-order valence-corrected chi connectivity index (χ3v) is 3.02.